The van der Waals surface area contributed by atoms with E-state index in [-0.39, 0.29) is 5.41 Å². The third-order valence-electron chi connectivity index (χ3n) is 3.24. The fourth-order valence-electron chi connectivity index (χ4n) is 1.93. The molecule has 0 aromatic carbocycles. The second-order valence-corrected chi connectivity index (χ2v) is 4.33. The maximum atomic E-state index is 10.1. The van der Waals surface area contributed by atoms with Gasteiger partial charge in [0, 0.05) is 6.54 Å². The molecule has 1 atom stereocenters. The van der Waals surface area contributed by atoms with Gasteiger partial charge in [0.2, 0.25) is 0 Å². The van der Waals surface area contributed by atoms with Crippen LogP contribution in [0.2, 0.25) is 0 Å². The van der Waals surface area contributed by atoms with E-state index in [2.05, 4.69) is 13.8 Å². The lowest BCUT2D eigenvalue weighted by Gasteiger charge is -2.45. The Morgan fingerprint density at radius 2 is 1.82 bits per heavy atom. The maximum Gasteiger partial charge on any atom is 0.0819 e. The topological polar surface area (TPSA) is 46.2 Å². The van der Waals surface area contributed by atoms with Crippen molar-refractivity contribution in [3.63, 3.8) is 0 Å². The Labute approximate surface area is 68.8 Å². The summed E-state index contributed by atoms with van der Waals surface area (Å²) in [6.45, 7) is 4.62. The first-order valence-corrected chi connectivity index (χ1v) is 4.44. The van der Waals surface area contributed by atoms with Gasteiger partial charge in [-0.15, -0.1) is 0 Å². The molecule has 2 heteroatoms. The van der Waals surface area contributed by atoms with E-state index in [1.165, 1.54) is 6.42 Å². The Kier molecular flexibility index (Phi) is 2.26. The van der Waals surface area contributed by atoms with Crippen molar-refractivity contribution in [2.75, 3.05) is 6.54 Å². The summed E-state index contributed by atoms with van der Waals surface area (Å²) in [5.74, 6) is 0. The minimum atomic E-state index is -0.606. The van der Waals surface area contributed by atoms with Crippen LogP contribution in [0.5, 0.6) is 0 Å². The van der Waals surface area contributed by atoms with E-state index in [1.807, 2.05) is 0 Å². The van der Waals surface area contributed by atoms with Crippen molar-refractivity contribution >= 4 is 0 Å². The van der Waals surface area contributed by atoms with E-state index in [0.717, 1.165) is 19.3 Å². The molecule has 0 heterocycles. The number of hydrogen-bond acceptors (Lipinski definition) is 2. The summed E-state index contributed by atoms with van der Waals surface area (Å²) in [6, 6.07) is 0. The van der Waals surface area contributed by atoms with Crippen LogP contribution in [0.25, 0.3) is 0 Å². The van der Waals surface area contributed by atoms with Gasteiger partial charge in [-0.05, 0) is 18.3 Å². The first kappa shape index (κ1) is 9.01. The van der Waals surface area contributed by atoms with Gasteiger partial charge in [0.25, 0.3) is 0 Å². The molecular formula is C9H19NO. The highest BCUT2D eigenvalue weighted by Gasteiger charge is 2.43. The van der Waals surface area contributed by atoms with Gasteiger partial charge in [0.15, 0.2) is 0 Å². The van der Waals surface area contributed by atoms with Gasteiger partial charge in [-0.25, -0.2) is 0 Å². The van der Waals surface area contributed by atoms with E-state index in [0.29, 0.717) is 6.54 Å². The number of nitrogens with two attached hydrogens (primary N) is 1. The van der Waals surface area contributed by atoms with Crippen molar-refractivity contribution in [3.05, 3.63) is 0 Å². The molecule has 66 valence electrons. The number of rotatable bonds is 1. The molecule has 1 rings (SSSR count). The van der Waals surface area contributed by atoms with Crippen LogP contribution in [0.3, 0.4) is 0 Å². The molecule has 3 N–H and O–H groups in total. The van der Waals surface area contributed by atoms with Crippen LogP contribution in [0.15, 0.2) is 0 Å². The van der Waals surface area contributed by atoms with Crippen LogP contribution < -0.4 is 5.73 Å². The molecule has 1 saturated carbocycles. The van der Waals surface area contributed by atoms with Gasteiger partial charge >= 0.3 is 0 Å². The lowest BCUT2D eigenvalue weighted by molar-refractivity contribution is -0.0885. The summed E-state index contributed by atoms with van der Waals surface area (Å²) in [5, 5.41) is 10.1. The molecule has 11 heavy (non-hydrogen) atoms. The van der Waals surface area contributed by atoms with Crippen molar-refractivity contribution in [1.29, 1.82) is 0 Å². The first-order chi connectivity index (χ1) is 5.02. The minimum Gasteiger partial charge on any atom is -0.388 e. The average molecular weight is 157 g/mol. The highest BCUT2D eigenvalue weighted by Crippen LogP contribution is 2.42. The molecule has 0 aromatic rings. The lowest BCUT2D eigenvalue weighted by atomic mass is 9.65. The van der Waals surface area contributed by atoms with E-state index >= 15 is 0 Å². The molecule has 1 aliphatic rings. The van der Waals surface area contributed by atoms with E-state index < -0.39 is 5.60 Å². The molecule has 0 saturated heterocycles. The summed E-state index contributed by atoms with van der Waals surface area (Å²) in [6.07, 6.45) is 4.32. The van der Waals surface area contributed by atoms with Crippen molar-refractivity contribution < 1.29 is 5.11 Å². The Morgan fingerprint density at radius 1 is 1.27 bits per heavy atom. The molecule has 0 amide bonds. The zero-order valence-corrected chi connectivity index (χ0v) is 7.56. The van der Waals surface area contributed by atoms with Crippen molar-refractivity contribution in [2.24, 2.45) is 11.1 Å². The number of hydrogen-bond donors (Lipinski definition) is 2. The van der Waals surface area contributed by atoms with Crippen LogP contribution in [-0.4, -0.2) is 17.3 Å². The van der Waals surface area contributed by atoms with Gasteiger partial charge in [-0.1, -0.05) is 26.7 Å². The molecule has 0 unspecified atom stereocenters. The molecule has 0 aliphatic heterocycles. The predicted octanol–water partition coefficient (Wildman–Crippen LogP) is 1.28. The molecule has 0 aromatic heterocycles. The highest BCUT2D eigenvalue weighted by atomic mass is 16.3. The van der Waals surface area contributed by atoms with E-state index in [9.17, 15) is 5.11 Å². The third-order valence-corrected chi connectivity index (χ3v) is 3.24. The van der Waals surface area contributed by atoms with Crippen LogP contribution in [0.4, 0.5) is 0 Å². The van der Waals surface area contributed by atoms with Crippen molar-refractivity contribution in [1.82, 2.24) is 0 Å². The van der Waals surface area contributed by atoms with Gasteiger partial charge in [0.05, 0.1) is 5.60 Å². The zero-order chi connectivity index (χ0) is 8.54. The standard InChI is InChI=1S/C9H19NO/c1-8(2)5-3-4-6-9(8,11)7-10/h11H,3-7,10H2,1-2H3/t9-/m1/s1. The van der Waals surface area contributed by atoms with Gasteiger partial charge < -0.3 is 10.8 Å². The summed E-state index contributed by atoms with van der Waals surface area (Å²) in [4.78, 5) is 0. The monoisotopic (exact) mass is 157 g/mol. The summed E-state index contributed by atoms with van der Waals surface area (Å²) in [7, 11) is 0. The van der Waals surface area contributed by atoms with E-state index in [1.54, 1.807) is 0 Å². The smallest absolute Gasteiger partial charge is 0.0819 e. The molecule has 1 aliphatic carbocycles. The van der Waals surface area contributed by atoms with Gasteiger partial charge in [-0.2, -0.15) is 0 Å². The Bertz CT molecular complexity index is 144. The van der Waals surface area contributed by atoms with Crippen LogP contribution >= 0.6 is 0 Å². The van der Waals surface area contributed by atoms with Crippen LogP contribution in [-0.2, 0) is 0 Å². The first-order valence-electron chi connectivity index (χ1n) is 4.44. The van der Waals surface area contributed by atoms with Crippen LogP contribution in [0, 0.1) is 5.41 Å². The normalized spacial score (nSPS) is 37.1. The zero-order valence-electron chi connectivity index (χ0n) is 7.56. The van der Waals surface area contributed by atoms with Gasteiger partial charge in [-0.3, -0.25) is 0 Å². The Morgan fingerprint density at radius 3 is 2.18 bits per heavy atom. The average Bonchev–Trinajstić information content (AvgIpc) is 1.95. The molecule has 1 fully saturated rings. The largest absolute Gasteiger partial charge is 0.388 e. The van der Waals surface area contributed by atoms with Crippen LogP contribution in [0.1, 0.15) is 39.5 Å². The highest BCUT2D eigenvalue weighted by molar-refractivity contribution is 4.96. The Hall–Kier alpha value is -0.0800. The minimum absolute atomic E-state index is 0.0139. The van der Waals surface area contributed by atoms with E-state index in [4.69, 9.17) is 5.73 Å². The fraction of sp³-hybridized carbons (Fsp3) is 1.00. The van der Waals surface area contributed by atoms with Gasteiger partial charge in [0.1, 0.15) is 0 Å². The summed E-state index contributed by atoms with van der Waals surface area (Å²) in [5.41, 5.74) is 4.97. The Balaban J connectivity index is 2.74. The number of aliphatic hydroxyl groups is 1. The molecule has 0 radical (unpaired) electrons. The quantitative estimate of drug-likeness (QED) is 0.602. The fourth-order valence-corrected chi connectivity index (χ4v) is 1.93. The summed E-state index contributed by atoms with van der Waals surface area (Å²) < 4.78 is 0. The predicted molar refractivity (Wildman–Crippen MR) is 46.3 cm³/mol. The second-order valence-electron chi connectivity index (χ2n) is 4.33. The molecule has 0 spiro atoms. The molecular weight excluding hydrogens is 138 g/mol. The van der Waals surface area contributed by atoms with Crippen molar-refractivity contribution in [2.45, 2.75) is 45.1 Å². The molecule has 2 nitrogen and oxygen atoms in total. The SMILES string of the molecule is CC1(C)CCCC[C@@]1(O)CN. The maximum absolute atomic E-state index is 10.1. The second kappa shape index (κ2) is 2.76. The summed E-state index contributed by atoms with van der Waals surface area (Å²) >= 11 is 0. The van der Waals surface area contributed by atoms with Crippen molar-refractivity contribution in [3.8, 4) is 0 Å². The third kappa shape index (κ3) is 1.42. The lowest BCUT2D eigenvalue weighted by Crippen LogP contribution is -2.52. The molecule has 0 bridgehead atoms.